The van der Waals surface area contributed by atoms with Gasteiger partial charge in [0.15, 0.2) is 5.82 Å². The normalized spacial score (nSPS) is 10.1. The average molecular weight is 283 g/mol. The van der Waals surface area contributed by atoms with Crippen molar-refractivity contribution in [2.24, 2.45) is 0 Å². The second-order valence-electron chi connectivity index (χ2n) is 3.08. The molecule has 16 heavy (non-hydrogen) atoms. The highest BCUT2D eigenvalue weighted by Gasteiger charge is 2.02. The molecule has 0 saturated carbocycles. The molecule has 0 unspecified atom stereocenters. The smallest absolute Gasteiger partial charge is 0.151 e. The van der Waals surface area contributed by atoms with E-state index in [1.807, 2.05) is 0 Å². The molecule has 2 rings (SSSR count). The maximum absolute atomic E-state index is 13.2. The predicted octanol–water partition coefficient (Wildman–Crippen LogP) is 2.70. The Bertz CT molecular complexity index is 518. The minimum atomic E-state index is -0.345. The lowest BCUT2D eigenvalue weighted by molar-refractivity contribution is 0.622. The number of aromatic nitrogens is 2. The average Bonchev–Trinajstić information content (AvgIpc) is 2.24. The van der Waals surface area contributed by atoms with Gasteiger partial charge in [-0.25, -0.2) is 9.37 Å². The molecular formula is C10H8BrFN4. The highest BCUT2D eigenvalue weighted by atomic mass is 79.9. The van der Waals surface area contributed by atoms with Crippen LogP contribution in [-0.2, 0) is 0 Å². The number of nitrogens with one attached hydrogen (secondary N) is 1. The fraction of sp³-hybridized carbons (Fsp3) is 0. The van der Waals surface area contributed by atoms with Gasteiger partial charge in [-0.2, -0.15) is 0 Å². The van der Waals surface area contributed by atoms with Crippen molar-refractivity contribution in [3.8, 4) is 0 Å². The lowest BCUT2D eigenvalue weighted by atomic mass is 10.3. The Kier molecular flexibility index (Phi) is 3.00. The zero-order valence-corrected chi connectivity index (χ0v) is 9.70. The van der Waals surface area contributed by atoms with E-state index < -0.39 is 0 Å². The Balaban J connectivity index is 2.24. The van der Waals surface area contributed by atoms with Crippen LogP contribution in [0.1, 0.15) is 0 Å². The lowest BCUT2D eigenvalue weighted by Crippen LogP contribution is -1.98. The Morgan fingerprint density at radius 1 is 1.31 bits per heavy atom. The molecule has 0 spiro atoms. The van der Waals surface area contributed by atoms with Gasteiger partial charge in [0, 0.05) is 5.69 Å². The third kappa shape index (κ3) is 2.46. The maximum Gasteiger partial charge on any atom is 0.151 e. The molecule has 0 saturated heterocycles. The van der Waals surface area contributed by atoms with Gasteiger partial charge in [-0.15, -0.1) is 0 Å². The molecule has 0 radical (unpaired) electrons. The van der Waals surface area contributed by atoms with Crippen LogP contribution in [0, 0.1) is 5.82 Å². The van der Waals surface area contributed by atoms with Crippen molar-refractivity contribution < 1.29 is 4.39 Å². The quantitative estimate of drug-likeness (QED) is 0.889. The fourth-order valence-electron chi connectivity index (χ4n) is 1.16. The molecule has 1 heterocycles. The minimum Gasteiger partial charge on any atom is -0.382 e. The molecule has 6 heteroatoms. The van der Waals surface area contributed by atoms with Gasteiger partial charge >= 0.3 is 0 Å². The molecular weight excluding hydrogens is 275 g/mol. The summed E-state index contributed by atoms with van der Waals surface area (Å²) in [6.07, 6.45) is 2.95. The van der Waals surface area contributed by atoms with Crippen LogP contribution < -0.4 is 11.1 Å². The number of rotatable bonds is 2. The zero-order chi connectivity index (χ0) is 11.5. The molecule has 1 aromatic carbocycles. The van der Waals surface area contributed by atoms with Crippen LogP contribution in [0.5, 0.6) is 0 Å². The number of nitrogen functional groups attached to an aromatic ring is 1. The van der Waals surface area contributed by atoms with Crippen LogP contribution in [-0.4, -0.2) is 9.97 Å². The Morgan fingerprint density at radius 2 is 2.12 bits per heavy atom. The van der Waals surface area contributed by atoms with Gasteiger partial charge in [0.05, 0.1) is 16.9 Å². The summed E-state index contributed by atoms with van der Waals surface area (Å²) in [6, 6.07) is 4.68. The first-order valence-electron chi connectivity index (χ1n) is 4.45. The SMILES string of the molecule is Nc1cncc(Nc2ccc(Br)c(F)c2)n1. The van der Waals surface area contributed by atoms with Gasteiger partial charge in [-0.1, -0.05) is 0 Å². The summed E-state index contributed by atoms with van der Waals surface area (Å²) < 4.78 is 13.6. The van der Waals surface area contributed by atoms with Crippen molar-refractivity contribution in [2.45, 2.75) is 0 Å². The van der Waals surface area contributed by atoms with E-state index in [0.717, 1.165) is 0 Å². The standard InChI is InChI=1S/C10H8BrFN4/c11-7-2-1-6(3-8(7)12)15-10-5-14-4-9(13)16-10/h1-5H,(H3,13,15,16). The predicted molar refractivity (Wildman–Crippen MR) is 63.8 cm³/mol. The van der Waals surface area contributed by atoms with Crippen molar-refractivity contribution in [3.05, 3.63) is 40.9 Å². The summed E-state index contributed by atoms with van der Waals surface area (Å²) in [5, 5.41) is 2.90. The molecule has 0 aliphatic carbocycles. The summed E-state index contributed by atoms with van der Waals surface area (Å²) in [5.41, 5.74) is 6.05. The summed E-state index contributed by atoms with van der Waals surface area (Å²) in [7, 11) is 0. The van der Waals surface area contributed by atoms with Crippen molar-refractivity contribution >= 4 is 33.3 Å². The highest BCUT2D eigenvalue weighted by Crippen LogP contribution is 2.21. The van der Waals surface area contributed by atoms with Gasteiger partial charge in [-0.05, 0) is 34.1 Å². The van der Waals surface area contributed by atoms with Crippen molar-refractivity contribution in [2.75, 3.05) is 11.1 Å². The molecule has 0 aliphatic heterocycles. The molecule has 0 aliphatic rings. The van der Waals surface area contributed by atoms with Gasteiger partial charge in [0.2, 0.25) is 0 Å². The first-order valence-corrected chi connectivity index (χ1v) is 5.24. The van der Waals surface area contributed by atoms with Gasteiger partial charge in [0.25, 0.3) is 0 Å². The summed E-state index contributed by atoms with van der Waals surface area (Å²) in [6.45, 7) is 0. The lowest BCUT2D eigenvalue weighted by Gasteiger charge is -2.05. The van der Waals surface area contributed by atoms with Crippen molar-refractivity contribution in [1.82, 2.24) is 9.97 Å². The van der Waals surface area contributed by atoms with E-state index in [0.29, 0.717) is 21.8 Å². The molecule has 0 bridgehead atoms. The number of halogens is 2. The van der Waals surface area contributed by atoms with E-state index in [9.17, 15) is 4.39 Å². The van der Waals surface area contributed by atoms with Crippen LogP contribution >= 0.6 is 15.9 Å². The van der Waals surface area contributed by atoms with Crippen LogP contribution in [0.3, 0.4) is 0 Å². The van der Waals surface area contributed by atoms with Crippen LogP contribution in [0.15, 0.2) is 35.1 Å². The van der Waals surface area contributed by atoms with Gasteiger partial charge in [0.1, 0.15) is 11.6 Å². The molecule has 0 atom stereocenters. The topological polar surface area (TPSA) is 63.8 Å². The van der Waals surface area contributed by atoms with Crippen molar-refractivity contribution in [3.63, 3.8) is 0 Å². The Morgan fingerprint density at radius 3 is 2.81 bits per heavy atom. The third-order valence-electron chi connectivity index (χ3n) is 1.85. The number of nitrogens with two attached hydrogens (primary N) is 1. The summed E-state index contributed by atoms with van der Waals surface area (Å²) >= 11 is 3.08. The van der Waals surface area contributed by atoms with Crippen molar-refractivity contribution in [1.29, 1.82) is 0 Å². The number of hydrogen-bond acceptors (Lipinski definition) is 4. The molecule has 2 aromatic rings. The van der Waals surface area contributed by atoms with Gasteiger partial charge in [-0.3, -0.25) is 4.98 Å². The largest absolute Gasteiger partial charge is 0.382 e. The van der Waals surface area contributed by atoms with E-state index in [1.165, 1.54) is 18.5 Å². The molecule has 4 nitrogen and oxygen atoms in total. The maximum atomic E-state index is 13.2. The van der Waals surface area contributed by atoms with E-state index >= 15 is 0 Å². The second kappa shape index (κ2) is 4.44. The molecule has 82 valence electrons. The van der Waals surface area contributed by atoms with Gasteiger partial charge < -0.3 is 11.1 Å². The second-order valence-corrected chi connectivity index (χ2v) is 3.94. The number of anilines is 3. The number of hydrogen-bond donors (Lipinski definition) is 2. The Hall–Kier alpha value is -1.69. The van der Waals surface area contributed by atoms with E-state index in [2.05, 4.69) is 31.2 Å². The van der Waals surface area contributed by atoms with Crippen LogP contribution in [0.2, 0.25) is 0 Å². The molecule has 3 N–H and O–H groups in total. The molecule has 1 aromatic heterocycles. The fourth-order valence-corrected chi connectivity index (χ4v) is 1.41. The Labute approximate surface area is 99.9 Å². The summed E-state index contributed by atoms with van der Waals surface area (Å²) in [5.74, 6) is 0.436. The molecule has 0 fully saturated rings. The van der Waals surface area contributed by atoms with E-state index in [1.54, 1.807) is 12.1 Å². The highest BCUT2D eigenvalue weighted by molar-refractivity contribution is 9.10. The summed E-state index contributed by atoms with van der Waals surface area (Å²) in [4.78, 5) is 7.86. The minimum absolute atomic E-state index is 0.308. The molecule has 0 amide bonds. The van der Waals surface area contributed by atoms with E-state index in [4.69, 9.17) is 5.73 Å². The van der Waals surface area contributed by atoms with Crippen LogP contribution in [0.25, 0.3) is 0 Å². The number of nitrogens with zero attached hydrogens (tertiary/aromatic N) is 2. The first-order chi connectivity index (χ1) is 7.65. The first kappa shape index (κ1) is 10.8. The zero-order valence-electron chi connectivity index (χ0n) is 8.11. The monoisotopic (exact) mass is 282 g/mol. The third-order valence-corrected chi connectivity index (χ3v) is 2.49. The number of benzene rings is 1. The van der Waals surface area contributed by atoms with E-state index in [-0.39, 0.29) is 5.82 Å². The van der Waals surface area contributed by atoms with Crippen LogP contribution in [0.4, 0.5) is 21.7 Å².